The van der Waals surface area contributed by atoms with Gasteiger partial charge in [0.05, 0.1) is 16.1 Å². The summed E-state index contributed by atoms with van der Waals surface area (Å²) in [6, 6.07) is 9.83. The number of benzene rings is 2. The number of hydrogen-bond acceptors (Lipinski definition) is 2. The van der Waals surface area contributed by atoms with Crippen LogP contribution >= 0.6 is 11.6 Å². The lowest BCUT2D eigenvalue weighted by Crippen LogP contribution is -2.15. The molecular formula is C26H27ClF3NO3. The summed E-state index contributed by atoms with van der Waals surface area (Å²) in [7, 11) is 0. The summed E-state index contributed by atoms with van der Waals surface area (Å²) in [6.45, 7) is 0.512. The second kappa shape index (κ2) is 10.3. The second-order valence-electron chi connectivity index (χ2n) is 8.89. The molecule has 0 saturated heterocycles. The average molecular weight is 494 g/mol. The van der Waals surface area contributed by atoms with Crippen LogP contribution in [0.1, 0.15) is 67.6 Å². The minimum atomic E-state index is -4.41. The van der Waals surface area contributed by atoms with E-state index in [4.69, 9.17) is 21.4 Å². The molecule has 0 unspecified atom stereocenters. The van der Waals surface area contributed by atoms with Crippen molar-refractivity contribution in [3.05, 3.63) is 64.3 Å². The number of carbonyl (C=O) groups is 1. The normalized spacial score (nSPS) is 15.1. The first-order valence-corrected chi connectivity index (χ1v) is 11.9. The lowest BCUT2D eigenvalue weighted by Gasteiger charge is -2.25. The molecule has 0 spiro atoms. The van der Waals surface area contributed by atoms with Crippen LogP contribution < -0.4 is 4.74 Å². The molecule has 1 N–H and O–H groups in total. The summed E-state index contributed by atoms with van der Waals surface area (Å²) in [5.41, 5.74) is 1.06. The third-order valence-corrected chi connectivity index (χ3v) is 6.74. The molecule has 3 aromatic rings. The van der Waals surface area contributed by atoms with Crippen LogP contribution in [0.25, 0.3) is 10.9 Å². The number of fused-ring (bicyclic) bond motifs is 1. The van der Waals surface area contributed by atoms with E-state index in [1.807, 2.05) is 16.8 Å². The largest absolute Gasteiger partial charge is 0.489 e. The van der Waals surface area contributed by atoms with Crippen LogP contribution in [0.4, 0.5) is 13.2 Å². The molecule has 0 bridgehead atoms. The third-order valence-electron chi connectivity index (χ3n) is 6.45. The summed E-state index contributed by atoms with van der Waals surface area (Å²) in [5.74, 6) is -0.425. The fraction of sp³-hybridized carbons (Fsp3) is 0.423. The Balaban J connectivity index is 1.50. The maximum Gasteiger partial charge on any atom is 0.416 e. The zero-order valence-corrected chi connectivity index (χ0v) is 19.5. The van der Waals surface area contributed by atoms with Gasteiger partial charge in [-0.25, -0.2) is 0 Å². The molecule has 4 nitrogen and oxygen atoms in total. The highest BCUT2D eigenvalue weighted by Gasteiger charge is 2.35. The summed E-state index contributed by atoms with van der Waals surface area (Å²) < 4.78 is 49.2. The average Bonchev–Trinajstić information content (AvgIpc) is 3.21. The molecule has 1 heterocycles. The van der Waals surface area contributed by atoms with Crippen LogP contribution in [-0.2, 0) is 24.1 Å². The van der Waals surface area contributed by atoms with Gasteiger partial charge >= 0.3 is 12.1 Å². The number of aryl methyl sites for hydroxylation is 1. The molecule has 1 aliphatic rings. The third kappa shape index (κ3) is 5.69. The van der Waals surface area contributed by atoms with Gasteiger partial charge in [-0.05, 0) is 54.5 Å². The van der Waals surface area contributed by atoms with Crippen molar-refractivity contribution in [2.24, 2.45) is 0 Å². The lowest BCUT2D eigenvalue weighted by molar-refractivity contribution is -0.139. The van der Waals surface area contributed by atoms with Gasteiger partial charge in [-0.15, -0.1) is 0 Å². The number of ether oxygens (including phenoxy) is 1. The van der Waals surface area contributed by atoms with Gasteiger partial charge in [0, 0.05) is 30.6 Å². The molecule has 1 fully saturated rings. The Kier molecular flexibility index (Phi) is 7.41. The van der Waals surface area contributed by atoms with E-state index in [2.05, 4.69) is 0 Å². The van der Waals surface area contributed by atoms with Crippen LogP contribution in [0.2, 0.25) is 5.02 Å². The number of halogens is 4. The molecule has 1 saturated carbocycles. The topological polar surface area (TPSA) is 51.5 Å². The highest BCUT2D eigenvalue weighted by atomic mass is 35.5. The summed E-state index contributed by atoms with van der Waals surface area (Å²) in [5, 5.41) is 10.1. The number of rotatable bonds is 8. The molecular weight excluding hydrogens is 467 g/mol. The van der Waals surface area contributed by atoms with Crippen LogP contribution in [0.5, 0.6) is 5.75 Å². The smallest absolute Gasteiger partial charge is 0.416 e. The standard InChI is InChI=1S/C26H27ClF3NO3/c27-23-15-20(14-19-10-12-31(25(19)23)11-4-7-24(32)33)34-16-17-8-9-21(18-5-2-1-3-6-18)22(13-17)26(28,29)30/h8-10,12-15,18H,1-7,11,16H2,(H,32,33). The van der Waals surface area contributed by atoms with E-state index in [0.29, 0.717) is 34.9 Å². The van der Waals surface area contributed by atoms with Crippen LogP contribution in [0, 0.1) is 0 Å². The van der Waals surface area contributed by atoms with E-state index in [1.54, 1.807) is 24.3 Å². The van der Waals surface area contributed by atoms with Gasteiger partial charge < -0.3 is 14.4 Å². The van der Waals surface area contributed by atoms with Gasteiger partial charge in [-0.2, -0.15) is 13.2 Å². The molecule has 4 rings (SSSR count). The van der Waals surface area contributed by atoms with Crippen LogP contribution in [0.15, 0.2) is 42.6 Å². The minimum Gasteiger partial charge on any atom is -0.489 e. The highest BCUT2D eigenvalue weighted by molar-refractivity contribution is 6.35. The first-order valence-electron chi connectivity index (χ1n) is 11.6. The fourth-order valence-corrected chi connectivity index (χ4v) is 5.14. The molecule has 2 aromatic carbocycles. The van der Waals surface area contributed by atoms with E-state index in [-0.39, 0.29) is 18.9 Å². The molecule has 8 heteroatoms. The zero-order chi connectivity index (χ0) is 24.3. The zero-order valence-electron chi connectivity index (χ0n) is 18.7. The van der Waals surface area contributed by atoms with Gasteiger partial charge in [0.25, 0.3) is 0 Å². The minimum absolute atomic E-state index is 0.00478. The van der Waals surface area contributed by atoms with E-state index in [9.17, 15) is 18.0 Å². The number of carboxylic acids is 1. The molecule has 182 valence electrons. The molecule has 0 amide bonds. The Hall–Kier alpha value is -2.67. The molecule has 0 aliphatic heterocycles. The van der Waals surface area contributed by atoms with Crippen molar-refractivity contribution in [1.29, 1.82) is 0 Å². The SMILES string of the molecule is O=C(O)CCCn1ccc2cc(OCc3ccc(C4CCCCC4)c(C(F)(F)F)c3)cc(Cl)c21. The summed E-state index contributed by atoms with van der Waals surface area (Å²) in [6.07, 6.45) is 2.60. The number of carboxylic acid groups (broad SMARTS) is 1. The molecule has 1 aliphatic carbocycles. The predicted octanol–water partition coefficient (Wildman–Crippen LogP) is 7.81. The highest BCUT2D eigenvalue weighted by Crippen LogP contribution is 2.41. The number of hydrogen-bond donors (Lipinski definition) is 1. The number of aromatic nitrogens is 1. The van der Waals surface area contributed by atoms with E-state index < -0.39 is 17.7 Å². The van der Waals surface area contributed by atoms with Gasteiger partial charge in [-0.1, -0.05) is 43.0 Å². The fourth-order valence-electron chi connectivity index (χ4n) is 4.81. The first-order chi connectivity index (χ1) is 16.2. The van der Waals surface area contributed by atoms with Crippen molar-refractivity contribution in [3.8, 4) is 5.75 Å². The van der Waals surface area contributed by atoms with Crippen molar-refractivity contribution < 1.29 is 27.8 Å². The van der Waals surface area contributed by atoms with Crippen molar-refractivity contribution in [2.45, 2.75) is 70.2 Å². The molecule has 0 atom stereocenters. The van der Waals surface area contributed by atoms with Crippen LogP contribution in [0.3, 0.4) is 0 Å². The molecule has 0 radical (unpaired) electrons. The molecule has 34 heavy (non-hydrogen) atoms. The van der Waals surface area contributed by atoms with E-state index >= 15 is 0 Å². The Labute approximate surface area is 201 Å². The number of nitrogens with zero attached hydrogens (tertiary/aromatic N) is 1. The lowest BCUT2D eigenvalue weighted by atomic mass is 9.81. The first kappa shape index (κ1) is 24.5. The van der Waals surface area contributed by atoms with Gasteiger partial charge in [-0.3, -0.25) is 4.79 Å². The monoisotopic (exact) mass is 493 g/mol. The van der Waals surface area contributed by atoms with Gasteiger partial charge in [0.15, 0.2) is 0 Å². The Morgan fingerprint density at radius 3 is 2.59 bits per heavy atom. The van der Waals surface area contributed by atoms with E-state index in [1.165, 1.54) is 6.07 Å². The second-order valence-corrected chi connectivity index (χ2v) is 9.30. The summed E-state index contributed by atoms with van der Waals surface area (Å²) >= 11 is 6.46. The number of alkyl halides is 3. The number of aliphatic carboxylic acids is 1. The Bertz CT molecular complexity index is 1170. The maximum absolute atomic E-state index is 13.8. The molecule has 1 aromatic heterocycles. The van der Waals surface area contributed by atoms with Crippen molar-refractivity contribution >= 4 is 28.5 Å². The van der Waals surface area contributed by atoms with Gasteiger partial charge in [0.1, 0.15) is 12.4 Å². The quantitative estimate of drug-likeness (QED) is 0.348. The van der Waals surface area contributed by atoms with Crippen LogP contribution in [-0.4, -0.2) is 15.6 Å². The predicted molar refractivity (Wildman–Crippen MR) is 125 cm³/mol. The summed E-state index contributed by atoms with van der Waals surface area (Å²) in [4.78, 5) is 10.8. The Morgan fingerprint density at radius 2 is 1.88 bits per heavy atom. The van der Waals surface area contributed by atoms with E-state index in [0.717, 1.165) is 43.0 Å². The van der Waals surface area contributed by atoms with Crippen molar-refractivity contribution in [3.63, 3.8) is 0 Å². The Morgan fingerprint density at radius 1 is 1.12 bits per heavy atom. The maximum atomic E-state index is 13.8. The van der Waals surface area contributed by atoms with Crippen molar-refractivity contribution in [1.82, 2.24) is 4.57 Å². The van der Waals surface area contributed by atoms with Gasteiger partial charge in [0.2, 0.25) is 0 Å². The van der Waals surface area contributed by atoms with Crippen molar-refractivity contribution in [2.75, 3.05) is 0 Å².